The molecule has 20 heavy (non-hydrogen) atoms. The molecule has 0 aromatic heterocycles. The summed E-state index contributed by atoms with van der Waals surface area (Å²) < 4.78 is 10.7. The number of carbonyl (C=O) groups excluding carboxylic acids is 1. The van der Waals surface area contributed by atoms with Crippen molar-refractivity contribution in [2.24, 2.45) is 0 Å². The van der Waals surface area contributed by atoms with E-state index in [1.165, 1.54) is 0 Å². The van der Waals surface area contributed by atoms with Gasteiger partial charge in [0.1, 0.15) is 0 Å². The number of amides is 1. The van der Waals surface area contributed by atoms with Crippen LogP contribution in [0, 0.1) is 6.92 Å². The molecule has 0 radical (unpaired) electrons. The third-order valence-corrected chi connectivity index (χ3v) is 3.18. The number of ether oxygens (including phenoxy) is 2. The van der Waals surface area contributed by atoms with Crippen LogP contribution in [0.5, 0.6) is 11.5 Å². The highest BCUT2D eigenvalue weighted by Crippen LogP contribution is 2.27. The van der Waals surface area contributed by atoms with Gasteiger partial charge < -0.3 is 19.9 Å². The lowest BCUT2D eigenvalue weighted by Crippen LogP contribution is -2.52. The summed E-state index contributed by atoms with van der Waals surface area (Å²) in [4.78, 5) is 11.8. The molecule has 1 aromatic carbocycles. The monoisotopic (exact) mass is 281 g/mol. The average molecular weight is 281 g/mol. The Bertz CT molecular complexity index is 469. The molecule has 0 fully saturated rings. The number of carbonyl (C=O) groups is 1. The molecular formula is C15H23NO4. The molecule has 0 saturated carbocycles. The Morgan fingerprint density at radius 3 is 2.60 bits per heavy atom. The quantitative estimate of drug-likeness (QED) is 0.832. The Hall–Kier alpha value is -1.75. The van der Waals surface area contributed by atoms with Crippen molar-refractivity contribution >= 4 is 5.91 Å². The number of aliphatic hydroxyl groups excluding tert-OH is 1. The SMILES string of the molecule is COc1cc(C)ccc1OCC(=O)NC(C)(C)C(C)O. The van der Waals surface area contributed by atoms with Gasteiger partial charge in [0.2, 0.25) is 0 Å². The second kappa shape index (κ2) is 6.61. The smallest absolute Gasteiger partial charge is 0.258 e. The van der Waals surface area contributed by atoms with Gasteiger partial charge in [0.05, 0.1) is 18.8 Å². The molecule has 0 aliphatic carbocycles. The zero-order chi connectivity index (χ0) is 15.3. The third-order valence-electron chi connectivity index (χ3n) is 3.18. The van der Waals surface area contributed by atoms with Crippen molar-refractivity contribution < 1.29 is 19.4 Å². The Labute approximate surface area is 119 Å². The number of methoxy groups -OCH3 is 1. The average Bonchev–Trinajstić information content (AvgIpc) is 2.36. The summed E-state index contributed by atoms with van der Waals surface area (Å²) in [6.07, 6.45) is -0.652. The van der Waals surface area contributed by atoms with E-state index in [-0.39, 0.29) is 12.5 Å². The summed E-state index contributed by atoms with van der Waals surface area (Å²) in [5.41, 5.74) is 0.353. The van der Waals surface area contributed by atoms with Gasteiger partial charge in [-0.25, -0.2) is 0 Å². The van der Waals surface area contributed by atoms with Gasteiger partial charge in [-0.05, 0) is 45.4 Å². The van der Waals surface area contributed by atoms with E-state index in [0.717, 1.165) is 5.56 Å². The lowest BCUT2D eigenvalue weighted by molar-refractivity contribution is -0.126. The summed E-state index contributed by atoms with van der Waals surface area (Å²) in [6, 6.07) is 5.49. The molecule has 0 saturated heterocycles. The number of aryl methyl sites for hydroxylation is 1. The summed E-state index contributed by atoms with van der Waals surface area (Å²) in [5, 5.41) is 12.3. The number of aliphatic hydroxyl groups is 1. The fourth-order valence-electron chi connectivity index (χ4n) is 1.54. The minimum absolute atomic E-state index is 0.129. The van der Waals surface area contributed by atoms with Crippen molar-refractivity contribution in [3.05, 3.63) is 23.8 Å². The van der Waals surface area contributed by atoms with Crippen LogP contribution in [-0.4, -0.2) is 36.4 Å². The van der Waals surface area contributed by atoms with Crippen LogP contribution in [0.25, 0.3) is 0 Å². The highest BCUT2D eigenvalue weighted by atomic mass is 16.5. The summed E-state index contributed by atoms with van der Waals surface area (Å²) in [7, 11) is 1.55. The molecule has 0 spiro atoms. The van der Waals surface area contributed by atoms with Crippen molar-refractivity contribution in [1.82, 2.24) is 5.32 Å². The van der Waals surface area contributed by atoms with Gasteiger partial charge in [-0.3, -0.25) is 4.79 Å². The van der Waals surface area contributed by atoms with Crippen LogP contribution in [0.3, 0.4) is 0 Å². The topological polar surface area (TPSA) is 67.8 Å². The number of rotatable bonds is 6. The minimum atomic E-state index is -0.697. The maximum absolute atomic E-state index is 11.8. The third kappa shape index (κ3) is 4.42. The number of benzene rings is 1. The molecule has 0 heterocycles. The molecule has 112 valence electrons. The van der Waals surface area contributed by atoms with Crippen molar-refractivity contribution in [2.45, 2.75) is 39.3 Å². The van der Waals surface area contributed by atoms with Crippen LogP contribution >= 0.6 is 0 Å². The highest BCUT2D eigenvalue weighted by molar-refractivity contribution is 5.78. The zero-order valence-corrected chi connectivity index (χ0v) is 12.7. The van der Waals surface area contributed by atoms with E-state index in [1.54, 1.807) is 33.9 Å². The van der Waals surface area contributed by atoms with Gasteiger partial charge in [-0.1, -0.05) is 6.07 Å². The normalized spacial score (nSPS) is 12.7. The number of hydrogen-bond donors (Lipinski definition) is 2. The zero-order valence-electron chi connectivity index (χ0n) is 12.7. The molecule has 1 unspecified atom stereocenters. The second-order valence-corrected chi connectivity index (χ2v) is 5.39. The fraction of sp³-hybridized carbons (Fsp3) is 0.533. The predicted octanol–water partition coefficient (Wildman–Crippen LogP) is 1.66. The molecular weight excluding hydrogens is 258 g/mol. The van der Waals surface area contributed by atoms with E-state index in [4.69, 9.17) is 9.47 Å². The largest absolute Gasteiger partial charge is 0.493 e. The first-order chi connectivity index (χ1) is 9.26. The van der Waals surface area contributed by atoms with Crippen molar-refractivity contribution in [3.63, 3.8) is 0 Å². The fourth-order valence-corrected chi connectivity index (χ4v) is 1.54. The summed E-state index contributed by atoms with van der Waals surface area (Å²) in [5.74, 6) is 0.814. The van der Waals surface area contributed by atoms with Crippen LogP contribution in [0.4, 0.5) is 0 Å². The maximum Gasteiger partial charge on any atom is 0.258 e. The first kappa shape index (κ1) is 16.3. The van der Waals surface area contributed by atoms with Crippen LogP contribution in [-0.2, 0) is 4.79 Å². The van der Waals surface area contributed by atoms with E-state index in [1.807, 2.05) is 19.1 Å². The van der Waals surface area contributed by atoms with E-state index >= 15 is 0 Å². The molecule has 1 aromatic rings. The van der Waals surface area contributed by atoms with E-state index in [0.29, 0.717) is 11.5 Å². The minimum Gasteiger partial charge on any atom is -0.493 e. The van der Waals surface area contributed by atoms with Gasteiger partial charge in [0.25, 0.3) is 5.91 Å². The number of hydrogen-bond acceptors (Lipinski definition) is 4. The Morgan fingerprint density at radius 2 is 2.05 bits per heavy atom. The van der Waals surface area contributed by atoms with Gasteiger partial charge in [0, 0.05) is 0 Å². The molecule has 1 amide bonds. The molecule has 2 N–H and O–H groups in total. The van der Waals surface area contributed by atoms with Gasteiger partial charge in [0.15, 0.2) is 18.1 Å². The van der Waals surface area contributed by atoms with E-state index < -0.39 is 11.6 Å². The Morgan fingerprint density at radius 1 is 1.40 bits per heavy atom. The van der Waals surface area contributed by atoms with E-state index in [9.17, 15) is 9.90 Å². The lowest BCUT2D eigenvalue weighted by atomic mass is 9.99. The van der Waals surface area contributed by atoms with Gasteiger partial charge in [-0.15, -0.1) is 0 Å². The Kier molecular flexibility index (Phi) is 5.39. The summed E-state index contributed by atoms with van der Waals surface area (Å²) in [6.45, 7) is 6.95. The Balaban J connectivity index is 2.62. The van der Waals surface area contributed by atoms with Crippen molar-refractivity contribution in [3.8, 4) is 11.5 Å². The maximum atomic E-state index is 11.8. The first-order valence-electron chi connectivity index (χ1n) is 6.53. The molecule has 5 heteroatoms. The molecule has 0 aliphatic heterocycles. The van der Waals surface area contributed by atoms with Gasteiger partial charge >= 0.3 is 0 Å². The highest BCUT2D eigenvalue weighted by Gasteiger charge is 2.26. The molecule has 0 bridgehead atoms. The van der Waals surface area contributed by atoms with Crippen molar-refractivity contribution in [2.75, 3.05) is 13.7 Å². The van der Waals surface area contributed by atoms with Crippen LogP contribution in [0.15, 0.2) is 18.2 Å². The molecule has 5 nitrogen and oxygen atoms in total. The second-order valence-electron chi connectivity index (χ2n) is 5.39. The van der Waals surface area contributed by atoms with Crippen LogP contribution in [0.1, 0.15) is 26.3 Å². The van der Waals surface area contributed by atoms with E-state index in [2.05, 4.69) is 5.32 Å². The van der Waals surface area contributed by atoms with Crippen LogP contribution in [0.2, 0.25) is 0 Å². The molecule has 1 rings (SSSR count). The van der Waals surface area contributed by atoms with Crippen molar-refractivity contribution in [1.29, 1.82) is 0 Å². The van der Waals surface area contributed by atoms with Crippen LogP contribution < -0.4 is 14.8 Å². The molecule has 0 aliphatic rings. The van der Waals surface area contributed by atoms with Gasteiger partial charge in [-0.2, -0.15) is 0 Å². The first-order valence-corrected chi connectivity index (χ1v) is 6.53. The lowest BCUT2D eigenvalue weighted by Gasteiger charge is -2.29. The summed E-state index contributed by atoms with van der Waals surface area (Å²) >= 11 is 0. The predicted molar refractivity (Wildman–Crippen MR) is 77.1 cm³/mol. The standard InChI is InChI=1S/C15H23NO4/c1-10-6-7-12(13(8-10)19-5)20-9-14(18)16-15(3,4)11(2)17/h6-8,11,17H,9H2,1-5H3,(H,16,18). The number of nitrogens with one attached hydrogen (secondary N) is 1. The molecule has 1 atom stereocenters.